The maximum absolute atomic E-state index is 12.3. The molecule has 1 aromatic rings. The summed E-state index contributed by atoms with van der Waals surface area (Å²) in [5.41, 5.74) is 0. The summed E-state index contributed by atoms with van der Waals surface area (Å²) in [6.07, 6.45) is 1.52. The molecule has 19 heavy (non-hydrogen) atoms. The highest BCUT2D eigenvalue weighted by atomic mass is 16.5. The van der Waals surface area contributed by atoms with Crippen LogP contribution in [0.25, 0.3) is 0 Å². The average molecular weight is 266 g/mol. The molecule has 0 N–H and O–H groups in total. The van der Waals surface area contributed by atoms with E-state index in [1.807, 2.05) is 13.8 Å². The molecule has 0 aliphatic rings. The van der Waals surface area contributed by atoms with Gasteiger partial charge in [0.05, 0.1) is 5.92 Å². The first-order valence-corrected chi connectivity index (χ1v) is 7.22. The zero-order valence-electron chi connectivity index (χ0n) is 12.9. The number of hydrogen-bond donors (Lipinski definition) is 0. The lowest BCUT2D eigenvalue weighted by Gasteiger charge is -2.16. The first-order valence-electron chi connectivity index (χ1n) is 7.22. The van der Waals surface area contributed by atoms with Crippen molar-refractivity contribution >= 4 is 5.78 Å². The third-order valence-electron chi connectivity index (χ3n) is 3.39. The fourth-order valence-electron chi connectivity index (χ4n) is 2.09. The number of nitrogens with zero attached hydrogens (tertiary/aromatic N) is 2. The molecule has 0 bridgehead atoms. The van der Waals surface area contributed by atoms with Gasteiger partial charge in [0.1, 0.15) is 5.78 Å². The van der Waals surface area contributed by atoms with Crippen molar-refractivity contribution in [1.82, 2.24) is 10.1 Å². The van der Waals surface area contributed by atoms with E-state index in [4.69, 9.17) is 4.52 Å². The molecule has 0 saturated heterocycles. The molecule has 0 spiro atoms. The summed E-state index contributed by atoms with van der Waals surface area (Å²) in [5.74, 6) is 1.94. The number of ketones is 1. The zero-order valence-corrected chi connectivity index (χ0v) is 12.9. The smallest absolute Gasteiger partial charge is 0.229 e. The van der Waals surface area contributed by atoms with Gasteiger partial charge in [0.2, 0.25) is 5.89 Å². The van der Waals surface area contributed by atoms with E-state index in [2.05, 4.69) is 37.8 Å². The fourth-order valence-corrected chi connectivity index (χ4v) is 2.09. The molecule has 1 heterocycles. The standard InChI is InChI=1S/C15H26N2O2/c1-7-11(6)15-16-14(17-19-15)13(10(4)5)12(18)8-9(2)3/h9-11,13H,7-8H2,1-6H3. The Morgan fingerprint density at radius 2 is 1.84 bits per heavy atom. The summed E-state index contributed by atoms with van der Waals surface area (Å²) < 4.78 is 5.29. The van der Waals surface area contributed by atoms with Crippen molar-refractivity contribution in [3.8, 4) is 0 Å². The topological polar surface area (TPSA) is 56.0 Å². The van der Waals surface area contributed by atoms with Gasteiger partial charge in [-0.15, -0.1) is 0 Å². The minimum Gasteiger partial charge on any atom is -0.339 e. The molecule has 4 heteroatoms. The highest BCUT2D eigenvalue weighted by Gasteiger charge is 2.29. The molecule has 0 aliphatic heterocycles. The van der Waals surface area contributed by atoms with Crippen LogP contribution >= 0.6 is 0 Å². The third kappa shape index (κ3) is 4.15. The molecular formula is C15H26N2O2. The largest absolute Gasteiger partial charge is 0.339 e. The fraction of sp³-hybridized carbons (Fsp3) is 0.800. The van der Waals surface area contributed by atoms with Crippen molar-refractivity contribution in [2.24, 2.45) is 11.8 Å². The van der Waals surface area contributed by atoms with E-state index in [0.29, 0.717) is 24.1 Å². The predicted molar refractivity (Wildman–Crippen MR) is 75.0 cm³/mol. The molecule has 1 rings (SSSR count). The van der Waals surface area contributed by atoms with Gasteiger partial charge in [-0.05, 0) is 18.3 Å². The van der Waals surface area contributed by atoms with Crippen LogP contribution in [0.2, 0.25) is 0 Å². The number of aromatic nitrogens is 2. The van der Waals surface area contributed by atoms with Crippen molar-refractivity contribution in [2.75, 3.05) is 0 Å². The molecule has 0 aliphatic carbocycles. The Morgan fingerprint density at radius 3 is 2.32 bits per heavy atom. The summed E-state index contributed by atoms with van der Waals surface area (Å²) in [7, 11) is 0. The molecule has 0 aromatic carbocycles. The number of hydrogen-bond acceptors (Lipinski definition) is 4. The minimum absolute atomic E-state index is 0.189. The molecule has 0 saturated carbocycles. The highest BCUT2D eigenvalue weighted by Crippen LogP contribution is 2.27. The van der Waals surface area contributed by atoms with Gasteiger partial charge >= 0.3 is 0 Å². The average Bonchev–Trinajstić information content (AvgIpc) is 2.75. The monoisotopic (exact) mass is 266 g/mol. The van der Waals surface area contributed by atoms with Gasteiger partial charge in [-0.2, -0.15) is 4.98 Å². The van der Waals surface area contributed by atoms with Gasteiger partial charge in [-0.1, -0.05) is 46.7 Å². The summed E-state index contributed by atoms with van der Waals surface area (Å²) in [4.78, 5) is 16.8. The van der Waals surface area contributed by atoms with Crippen LogP contribution in [0.3, 0.4) is 0 Å². The minimum atomic E-state index is -0.246. The maximum atomic E-state index is 12.3. The Balaban J connectivity index is 2.93. The summed E-state index contributed by atoms with van der Waals surface area (Å²) >= 11 is 0. The van der Waals surface area contributed by atoms with Gasteiger partial charge in [0, 0.05) is 12.3 Å². The van der Waals surface area contributed by atoms with E-state index < -0.39 is 0 Å². The van der Waals surface area contributed by atoms with Crippen molar-refractivity contribution < 1.29 is 9.32 Å². The van der Waals surface area contributed by atoms with E-state index in [0.717, 1.165) is 6.42 Å². The molecule has 2 unspecified atom stereocenters. The molecule has 2 atom stereocenters. The molecule has 0 amide bonds. The summed E-state index contributed by atoms with van der Waals surface area (Å²) in [5, 5.41) is 4.03. The lowest BCUT2D eigenvalue weighted by molar-refractivity contribution is -0.122. The second kappa shape index (κ2) is 6.83. The Bertz CT molecular complexity index is 410. The molecule has 0 fully saturated rings. The Morgan fingerprint density at radius 1 is 1.21 bits per heavy atom. The van der Waals surface area contributed by atoms with Crippen molar-refractivity contribution in [2.45, 2.75) is 66.2 Å². The Hall–Kier alpha value is -1.19. The van der Waals surface area contributed by atoms with Crippen LogP contribution in [0.5, 0.6) is 0 Å². The van der Waals surface area contributed by atoms with Crippen LogP contribution in [0, 0.1) is 11.8 Å². The second-order valence-electron chi connectivity index (χ2n) is 6.09. The third-order valence-corrected chi connectivity index (χ3v) is 3.39. The second-order valence-corrected chi connectivity index (χ2v) is 6.09. The first kappa shape index (κ1) is 15.9. The molecule has 0 radical (unpaired) electrons. The SMILES string of the molecule is CCC(C)c1nc(C(C(=O)CC(C)C)C(C)C)no1. The van der Waals surface area contributed by atoms with Crippen LogP contribution < -0.4 is 0 Å². The lowest BCUT2D eigenvalue weighted by Crippen LogP contribution is -2.21. The Labute approximate surface area is 116 Å². The van der Waals surface area contributed by atoms with Gasteiger partial charge < -0.3 is 4.52 Å². The van der Waals surface area contributed by atoms with Crippen molar-refractivity contribution in [3.63, 3.8) is 0 Å². The number of rotatable bonds is 7. The van der Waals surface area contributed by atoms with Crippen molar-refractivity contribution in [3.05, 3.63) is 11.7 Å². The van der Waals surface area contributed by atoms with Crippen LogP contribution in [0.1, 0.15) is 77.9 Å². The predicted octanol–water partition coefficient (Wildman–Crippen LogP) is 3.94. The number of Topliss-reactive ketones (excluding diaryl/α,β-unsaturated/α-hetero) is 1. The molecular weight excluding hydrogens is 240 g/mol. The molecule has 4 nitrogen and oxygen atoms in total. The number of carbonyl (C=O) groups excluding carboxylic acids is 1. The van der Waals surface area contributed by atoms with E-state index >= 15 is 0 Å². The summed E-state index contributed by atoms with van der Waals surface area (Å²) in [6.45, 7) is 12.3. The van der Waals surface area contributed by atoms with E-state index in [-0.39, 0.29) is 23.5 Å². The Kier molecular flexibility index (Phi) is 5.70. The highest BCUT2D eigenvalue weighted by molar-refractivity contribution is 5.85. The normalized spacial score (nSPS) is 14.9. The summed E-state index contributed by atoms with van der Waals surface area (Å²) in [6, 6.07) is 0. The zero-order chi connectivity index (χ0) is 14.6. The molecule has 108 valence electrons. The molecule has 1 aromatic heterocycles. The van der Waals surface area contributed by atoms with Gasteiger partial charge in [0.25, 0.3) is 0 Å². The van der Waals surface area contributed by atoms with Crippen molar-refractivity contribution in [1.29, 1.82) is 0 Å². The van der Waals surface area contributed by atoms with Crippen LogP contribution in [-0.2, 0) is 4.79 Å². The van der Waals surface area contributed by atoms with Crippen LogP contribution in [0.15, 0.2) is 4.52 Å². The first-order chi connectivity index (χ1) is 8.86. The lowest BCUT2D eigenvalue weighted by atomic mass is 9.87. The van der Waals surface area contributed by atoms with Gasteiger partial charge in [-0.3, -0.25) is 4.79 Å². The quantitative estimate of drug-likeness (QED) is 0.750. The van der Waals surface area contributed by atoms with E-state index in [1.54, 1.807) is 0 Å². The van der Waals surface area contributed by atoms with E-state index in [9.17, 15) is 4.79 Å². The maximum Gasteiger partial charge on any atom is 0.229 e. The number of carbonyl (C=O) groups is 1. The van der Waals surface area contributed by atoms with Gasteiger partial charge in [0.15, 0.2) is 5.82 Å². The van der Waals surface area contributed by atoms with E-state index in [1.165, 1.54) is 0 Å². The van der Waals surface area contributed by atoms with Gasteiger partial charge in [-0.25, -0.2) is 0 Å². The van der Waals surface area contributed by atoms with Crippen LogP contribution in [-0.4, -0.2) is 15.9 Å². The van der Waals surface area contributed by atoms with Crippen LogP contribution in [0.4, 0.5) is 0 Å².